The zero-order chi connectivity index (χ0) is 9.46. The lowest BCUT2D eigenvalue weighted by Gasteiger charge is -2.03. The van der Waals surface area contributed by atoms with Gasteiger partial charge in [0.1, 0.15) is 11.6 Å². The van der Waals surface area contributed by atoms with Crippen molar-refractivity contribution in [2.24, 2.45) is 0 Å². The quantitative estimate of drug-likeness (QED) is 0.252. The molecule has 0 N–H and O–H groups in total. The van der Waals surface area contributed by atoms with Crippen molar-refractivity contribution in [1.29, 1.82) is 0 Å². The Morgan fingerprint density at radius 1 is 0.583 bits per heavy atom. The van der Waals surface area contributed by atoms with Crippen LogP contribution in [0.5, 0.6) is 0 Å². The maximum atomic E-state index is 12.4. The second kappa shape index (κ2) is 3.04. The largest absolute Gasteiger partial charge is 0.205 e. The van der Waals surface area contributed by atoms with E-state index in [1.54, 1.807) is 0 Å². The Labute approximate surface area is 72.4 Å². The lowest BCUT2D eigenvalue weighted by molar-refractivity contribution is 0.384. The number of halogens is 5. The standard InChI is InChI=1S/C6F5.Al/c7-2-1-3(8)5(10)6(11)4(2)9;. The normalized spacial score (nSPS) is 10.4. The number of hydrogen-bond donors (Lipinski definition) is 0. The molecule has 0 fully saturated rings. The van der Waals surface area contributed by atoms with Gasteiger partial charge in [0.05, 0.1) is 0 Å². The van der Waals surface area contributed by atoms with Gasteiger partial charge in [-0.3, -0.25) is 0 Å². The van der Waals surface area contributed by atoms with Crippen molar-refractivity contribution in [2.75, 3.05) is 0 Å². The average molecular weight is 194 g/mol. The highest BCUT2D eigenvalue weighted by atomic mass is 27.0. The van der Waals surface area contributed by atoms with Gasteiger partial charge in [-0.05, 0) is 0 Å². The van der Waals surface area contributed by atoms with E-state index < -0.39 is 33.5 Å². The summed E-state index contributed by atoms with van der Waals surface area (Å²) < 4.78 is 60.5. The Kier molecular flexibility index (Phi) is 2.40. The highest BCUT2D eigenvalue weighted by Crippen LogP contribution is 2.14. The van der Waals surface area contributed by atoms with Crippen LogP contribution in [-0.2, 0) is 0 Å². The SMILES string of the molecule is Fc1c(F)c(F)[c]([Al])c(F)c1F. The summed E-state index contributed by atoms with van der Waals surface area (Å²) in [4.78, 5) is 0. The summed E-state index contributed by atoms with van der Waals surface area (Å²) >= 11 is 1.44. The zero-order valence-electron chi connectivity index (χ0n) is 5.47. The van der Waals surface area contributed by atoms with Crippen LogP contribution in [0.15, 0.2) is 0 Å². The number of rotatable bonds is 0. The van der Waals surface area contributed by atoms with Gasteiger partial charge in [0.15, 0.2) is 33.7 Å². The molecule has 0 aliphatic carbocycles. The maximum Gasteiger partial charge on any atom is 0.200 e. The third-order valence-corrected chi connectivity index (χ3v) is 1.75. The van der Waals surface area contributed by atoms with E-state index in [2.05, 4.69) is 0 Å². The summed E-state index contributed by atoms with van der Waals surface area (Å²) in [5, 5.41) is 0. The minimum absolute atomic E-state index is 0.952. The average Bonchev–Trinajstić information content (AvgIpc) is 2.08. The fraction of sp³-hybridized carbons (Fsp3) is 0. The monoisotopic (exact) mass is 194 g/mol. The third-order valence-electron chi connectivity index (χ3n) is 1.24. The molecule has 1 aromatic carbocycles. The van der Waals surface area contributed by atoms with Crippen molar-refractivity contribution in [3.8, 4) is 0 Å². The van der Waals surface area contributed by atoms with Crippen LogP contribution in [0, 0.1) is 29.1 Å². The summed E-state index contributed by atoms with van der Waals surface area (Å²) in [5.74, 6) is -9.65. The molecule has 0 aromatic heterocycles. The third kappa shape index (κ3) is 1.21. The summed E-state index contributed by atoms with van der Waals surface area (Å²) in [5.41, 5.74) is 0. The van der Waals surface area contributed by atoms with Crippen LogP contribution in [0.1, 0.15) is 0 Å². The number of hydrogen-bond acceptors (Lipinski definition) is 0. The van der Waals surface area contributed by atoms with E-state index in [1.165, 1.54) is 16.3 Å². The van der Waals surface area contributed by atoms with Gasteiger partial charge in [-0.2, -0.15) is 0 Å². The van der Waals surface area contributed by atoms with Gasteiger partial charge in [0.25, 0.3) is 0 Å². The topological polar surface area (TPSA) is 0 Å². The first kappa shape index (κ1) is 9.49. The number of benzene rings is 1. The van der Waals surface area contributed by atoms with E-state index in [0.717, 1.165) is 0 Å². The van der Waals surface area contributed by atoms with Crippen LogP contribution in [0.4, 0.5) is 22.0 Å². The summed E-state index contributed by atoms with van der Waals surface area (Å²) in [6, 6.07) is 0. The Bertz CT molecular complexity index is 230. The summed E-state index contributed by atoms with van der Waals surface area (Å²) in [7, 11) is 0. The van der Waals surface area contributed by atoms with Crippen LogP contribution in [-0.4, -0.2) is 16.3 Å². The second-order valence-corrected chi connectivity index (χ2v) is 2.56. The summed E-state index contributed by atoms with van der Waals surface area (Å²) in [6.07, 6.45) is 0. The molecule has 0 nitrogen and oxygen atoms in total. The molecule has 6 heteroatoms. The van der Waals surface area contributed by atoms with E-state index in [4.69, 9.17) is 0 Å². The second-order valence-electron chi connectivity index (χ2n) is 1.98. The molecule has 12 heavy (non-hydrogen) atoms. The van der Waals surface area contributed by atoms with Gasteiger partial charge in [0, 0.05) is 0 Å². The molecule has 0 saturated carbocycles. The first-order chi connectivity index (χ1) is 5.46. The lowest BCUT2D eigenvalue weighted by atomic mass is 10.3. The zero-order valence-corrected chi connectivity index (χ0v) is 6.62. The minimum atomic E-state index is -2.14. The van der Waals surface area contributed by atoms with Gasteiger partial charge in [-0.25, -0.2) is 22.0 Å². The molecule has 1 aromatic rings. The molecule has 0 unspecified atom stereocenters. The van der Waals surface area contributed by atoms with Crippen molar-refractivity contribution >= 4 is 20.7 Å². The van der Waals surface area contributed by atoms with Crippen LogP contribution in [0.25, 0.3) is 0 Å². The van der Waals surface area contributed by atoms with E-state index >= 15 is 0 Å². The summed E-state index contributed by atoms with van der Waals surface area (Å²) in [6.45, 7) is 0. The molecule has 62 valence electrons. The van der Waals surface area contributed by atoms with E-state index in [-0.39, 0.29) is 0 Å². The van der Waals surface area contributed by atoms with Gasteiger partial charge in [-0.1, -0.05) is 4.43 Å². The molecule has 0 spiro atoms. The molecule has 0 bridgehead atoms. The van der Waals surface area contributed by atoms with Gasteiger partial charge >= 0.3 is 0 Å². The highest BCUT2D eigenvalue weighted by Gasteiger charge is 2.21. The fourth-order valence-electron chi connectivity index (χ4n) is 0.622. The highest BCUT2D eigenvalue weighted by molar-refractivity contribution is 6.32. The van der Waals surface area contributed by atoms with Crippen molar-refractivity contribution in [3.63, 3.8) is 0 Å². The molecule has 0 aliphatic heterocycles. The van der Waals surface area contributed by atoms with Crippen LogP contribution >= 0.6 is 0 Å². The Morgan fingerprint density at radius 2 is 0.833 bits per heavy atom. The van der Waals surface area contributed by atoms with Crippen LogP contribution < -0.4 is 4.43 Å². The molecule has 0 amide bonds. The van der Waals surface area contributed by atoms with Crippen molar-refractivity contribution < 1.29 is 22.0 Å². The molecular formula is C6AlF5. The molecular weight excluding hydrogens is 194 g/mol. The fourth-order valence-corrected chi connectivity index (χ4v) is 0.875. The molecule has 1 rings (SSSR count). The van der Waals surface area contributed by atoms with Gasteiger partial charge < -0.3 is 0 Å². The van der Waals surface area contributed by atoms with E-state index in [9.17, 15) is 22.0 Å². The first-order valence-electron chi connectivity index (χ1n) is 2.73. The van der Waals surface area contributed by atoms with Crippen molar-refractivity contribution in [2.45, 2.75) is 0 Å². The smallest absolute Gasteiger partial charge is 0.200 e. The molecule has 0 atom stereocenters. The van der Waals surface area contributed by atoms with E-state index in [1.807, 2.05) is 0 Å². The maximum absolute atomic E-state index is 12.4. The Morgan fingerprint density at radius 3 is 1.17 bits per heavy atom. The van der Waals surface area contributed by atoms with Gasteiger partial charge in [-0.15, -0.1) is 0 Å². The van der Waals surface area contributed by atoms with Crippen LogP contribution in [0.2, 0.25) is 0 Å². The Balaban J connectivity index is 3.60. The van der Waals surface area contributed by atoms with Gasteiger partial charge in [0.2, 0.25) is 0 Å². The molecule has 2 radical (unpaired) electrons. The minimum Gasteiger partial charge on any atom is -0.205 e. The molecule has 0 saturated heterocycles. The van der Waals surface area contributed by atoms with Crippen molar-refractivity contribution in [3.05, 3.63) is 29.1 Å². The lowest BCUT2D eigenvalue weighted by Crippen LogP contribution is -2.20. The van der Waals surface area contributed by atoms with Crippen molar-refractivity contribution in [1.82, 2.24) is 0 Å². The van der Waals surface area contributed by atoms with E-state index in [0.29, 0.717) is 0 Å². The first-order valence-corrected chi connectivity index (χ1v) is 3.31. The van der Waals surface area contributed by atoms with Crippen LogP contribution in [0.3, 0.4) is 0 Å². The predicted octanol–water partition coefficient (Wildman–Crippen LogP) is 1.18. The Hall–Kier alpha value is -0.598. The molecule has 0 heterocycles. The predicted molar refractivity (Wildman–Crippen MR) is 31.6 cm³/mol. The molecule has 0 aliphatic rings.